The standard InChI is InChI=1S/C14H21F3N2O/c1-2-7-19(11-14(15,16)17)8-9-20-13-6-4-3-5-12(13)10-18/h3-6H,2,7-11,18H2,1H3. The average molecular weight is 290 g/mol. The van der Waals surface area contributed by atoms with Gasteiger partial charge in [0.05, 0.1) is 6.54 Å². The monoisotopic (exact) mass is 290 g/mol. The Kier molecular flexibility index (Phi) is 6.81. The highest BCUT2D eigenvalue weighted by Crippen LogP contribution is 2.18. The number of alkyl halides is 3. The van der Waals surface area contributed by atoms with Crippen LogP contribution in [-0.4, -0.2) is 37.3 Å². The van der Waals surface area contributed by atoms with Crippen LogP contribution >= 0.6 is 0 Å². The minimum absolute atomic E-state index is 0.215. The van der Waals surface area contributed by atoms with Crippen LogP contribution in [0, 0.1) is 0 Å². The topological polar surface area (TPSA) is 38.5 Å². The fraction of sp³-hybridized carbons (Fsp3) is 0.571. The van der Waals surface area contributed by atoms with Crippen molar-refractivity contribution in [3.05, 3.63) is 29.8 Å². The molecule has 0 radical (unpaired) electrons. The predicted octanol–water partition coefficient (Wildman–Crippen LogP) is 2.80. The summed E-state index contributed by atoms with van der Waals surface area (Å²) in [6.07, 6.45) is -3.50. The van der Waals surface area contributed by atoms with E-state index in [1.807, 2.05) is 25.1 Å². The first-order valence-electron chi connectivity index (χ1n) is 6.66. The van der Waals surface area contributed by atoms with Gasteiger partial charge >= 0.3 is 6.18 Å². The molecule has 0 spiro atoms. The first-order valence-corrected chi connectivity index (χ1v) is 6.66. The summed E-state index contributed by atoms with van der Waals surface area (Å²) in [4.78, 5) is 1.35. The number of nitrogens with zero attached hydrogens (tertiary/aromatic N) is 1. The largest absolute Gasteiger partial charge is 0.492 e. The maximum Gasteiger partial charge on any atom is 0.401 e. The van der Waals surface area contributed by atoms with Gasteiger partial charge in [-0.25, -0.2) is 0 Å². The molecule has 1 rings (SSSR count). The van der Waals surface area contributed by atoms with Gasteiger partial charge in [-0.05, 0) is 19.0 Å². The molecule has 0 bridgehead atoms. The van der Waals surface area contributed by atoms with E-state index in [1.165, 1.54) is 4.90 Å². The van der Waals surface area contributed by atoms with Gasteiger partial charge in [0.15, 0.2) is 0 Å². The van der Waals surface area contributed by atoms with Gasteiger partial charge in [-0.1, -0.05) is 25.1 Å². The number of hydrogen-bond acceptors (Lipinski definition) is 3. The second-order valence-electron chi connectivity index (χ2n) is 4.55. The molecule has 20 heavy (non-hydrogen) atoms. The first-order chi connectivity index (χ1) is 9.46. The quantitative estimate of drug-likeness (QED) is 0.800. The Bertz CT molecular complexity index is 396. The molecule has 0 aliphatic rings. The van der Waals surface area contributed by atoms with Crippen molar-refractivity contribution in [3.8, 4) is 5.75 Å². The van der Waals surface area contributed by atoms with Crippen LogP contribution in [0.4, 0.5) is 13.2 Å². The summed E-state index contributed by atoms with van der Waals surface area (Å²) >= 11 is 0. The number of para-hydroxylation sites is 1. The van der Waals surface area contributed by atoms with Crippen molar-refractivity contribution in [1.82, 2.24) is 4.90 Å². The zero-order valence-electron chi connectivity index (χ0n) is 11.6. The summed E-state index contributed by atoms with van der Waals surface area (Å²) in [7, 11) is 0. The molecule has 114 valence electrons. The van der Waals surface area contributed by atoms with Gasteiger partial charge < -0.3 is 10.5 Å². The molecular formula is C14H21F3N2O. The van der Waals surface area contributed by atoms with Gasteiger partial charge in [0.1, 0.15) is 12.4 Å². The van der Waals surface area contributed by atoms with E-state index in [1.54, 1.807) is 6.07 Å². The fourth-order valence-corrected chi connectivity index (χ4v) is 1.94. The first kappa shape index (κ1) is 16.8. The molecule has 0 saturated carbocycles. The van der Waals surface area contributed by atoms with E-state index < -0.39 is 12.7 Å². The van der Waals surface area contributed by atoms with E-state index in [9.17, 15) is 13.2 Å². The van der Waals surface area contributed by atoms with Gasteiger partial charge in [0.2, 0.25) is 0 Å². The van der Waals surface area contributed by atoms with Gasteiger partial charge in [0, 0.05) is 18.7 Å². The molecule has 1 aromatic carbocycles. The number of benzene rings is 1. The van der Waals surface area contributed by atoms with Crippen LogP contribution in [0.1, 0.15) is 18.9 Å². The van der Waals surface area contributed by atoms with Gasteiger partial charge in [-0.2, -0.15) is 13.2 Å². The van der Waals surface area contributed by atoms with Crippen LogP contribution < -0.4 is 10.5 Å². The summed E-state index contributed by atoms with van der Waals surface area (Å²) in [6, 6.07) is 7.28. The molecule has 0 unspecified atom stereocenters. The third kappa shape index (κ3) is 6.25. The van der Waals surface area contributed by atoms with Crippen LogP contribution in [-0.2, 0) is 6.54 Å². The highest BCUT2D eigenvalue weighted by Gasteiger charge is 2.30. The lowest BCUT2D eigenvalue weighted by atomic mass is 10.2. The normalized spacial score (nSPS) is 11.9. The van der Waals surface area contributed by atoms with Crippen molar-refractivity contribution >= 4 is 0 Å². The summed E-state index contributed by atoms with van der Waals surface area (Å²) in [5, 5.41) is 0. The SMILES string of the molecule is CCCN(CCOc1ccccc1CN)CC(F)(F)F. The van der Waals surface area contributed by atoms with Crippen molar-refractivity contribution in [3.63, 3.8) is 0 Å². The average Bonchev–Trinajstić information content (AvgIpc) is 2.37. The summed E-state index contributed by atoms with van der Waals surface area (Å²) in [6.45, 7) is 2.16. The minimum atomic E-state index is -4.18. The van der Waals surface area contributed by atoms with Crippen LogP contribution in [0.25, 0.3) is 0 Å². The maximum absolute atomic E-state index is 12.4. The highest BCUT2D eigenvalue weighted by atomic mass is 19.4. The van der Waals surface area contributed by atoms with Gasteiger partial charge in [-0.15, -0.1) is 0 Å². The molecule has 0 atom stereocenters. The number of halogens is 3. The molecular weight excluding hydrogens is 269 g/mol. The molecule has 0 saturated heterocycles. The summed E-state index contributed by atoms with van der Waals surface area (Å²) < 4.78 is 42.7. The van der Waals surface area contributed by atoms with Gasteiger partial charge in [0.25, 0.3) is 0 Å². The van der Waals surface area contributed by atoms with E-state index in [4.69, 9.17) is 10.5 Å². The lowest BCUT2D eigenvalue weighted by Gasteiger charge is -2.23. The van der Waals surface area contributed by atoms with Crippen LogP contribution in [0.2, 0.25) is 0 Å². The third-order valence-corrected chi connectivity index (χ3v) is 2.80. The zero-order valence-corrected chi connectivity index (χ0v) is 11.6. The third-order valence-electron chi connectivity index (χ3n) is 2.80. The molecule has 0 amide bonds. The molecule has 3 nitrogen and oxygen atoms in total. The molecule has 0 heterocycles. The molecule has 1 aromatic rings. The van der Waals surface area contributed by atoms with Crippen LogP contribution in [0.3, 0.4) is 0 Å². The second-order valence-corrected chi connectivity index (χ2v) is 4.55. The van der Waals surface area contributed by atoms with E-state index >= 15 is 0 Å². The lowest BCUT2D eigenvalue weighted by molar-refractivity contribution is -0.146. The Balaban J connectivity index is 2.47. The molecule has 0 aromatic heterocycles. The molecule has 0 aliphatic carbocycles. The van der Waals surface area contributed by atoms with Crippen LogP contribution in [0.15, 0.2) is 24.3 Å². The lowest BCUT2D eigenvalue weighted by Crippen LogP contribution is -2.37. The molecule has 6 heteroatoms. The fourth-order valence-electron chi connectivity index (χ4n) is 1.94. The Labute approximate surface area is 117 Å². The van der Waals surface area contributed by atoms with E-state index in [0.29, 0.717) is 25.3 Å². The van der Waals surface area contributed by atoms with Crippen molar-refractivity contribution in [2.45, 2.75) is 26.1 Å². The molecule has 0 fully saturated rings. The van der Waals surface area contributed by atoms with Crippen LogP contribution in [0.5, 0.6) is 5.75 Å². The van der Waals surface area contributed by atoms with Gasteiger partial charge in [-0.3, -0.25) is 4.90 Å². The number of hydrogen-bond donors (Lipinski definition) is 1. The molecule has 2 N–H and O–H groups in total. The Morgan fingerprint density at radius 1 is 1.20 bits per heavy atom. The van der Waals surface area contributed by atoms with E-state index in [-0.39, 0.29) is 13.2 Å². The predicted molar refractivity (Wildman–Crippen MR) is 72.6 cm³/mol. The highest BCUT2D eigenvalue weighted by molar-refractivity contribution is 5.32. The van der Waals surface area contributed by atoms with E-state index in [0.717, 1.165) is 5.56 Å². The molecule has 0 aliphatic heterocycles. The van der Waals surface area contributed by atoms with Crippen molar-refractivity contribution < 1.29 is 17.9 Å². The second kappa shape index (κ2) is 8.11. The maximum atomic E-state index is 12.4. The smallest absolute Gasteiger partial charge is 0.401 e. The Hall–Kier alpha value is -1.27. The van der Waals surface area contributed by atoms with Crippen molar-refractivity contribution in [2.24, 2.45) is 5.73 Å². The van der Waals surface area contributed by atoms with Crippen molar-refractivity contribution in [1.29, 1.82) is 0 Å². The summed E-state index contributed by atoms with van der Waals surface area (Å²) in [5.41, 5.74) is 6.43. The number of nitrogens with two attached hydrogens (primary N) is 1. The minimum Gasteiger partial charge on any atom is -0.492 e. The Morgan fingerprint density at radius 2 is 1.90 bits per heavy atom. The zero-order chi connectivity index (χ0) is 15.0. The van der Waals surface area contributed by atoms with Crippen molar-refractivity contribution in [2.75, 3.05) is 26.2 Å². The summed E-state index contributed by atoms with van der Waals surface area (Å²) in [5.74, 6) is 0.637. The number of ether oxygens (including phenoxy) is 1. The number of rotatable bonds is 8. The Morgan fingerprint density at radius 3 is 2.50 bits per heavy atom. The van der Waals surface area contributed by atoms with E-state index in [2.05, 4.69) is 0 Å².